The molecule has 4 rings (SSSR count). The summed E-state index contributed by atoms with van der Waals surface area (Å²) in [5.74, 6) is 0.281. The molecule has 0 unspecified atom stereocenters. The number of para-hydroxylation sites is 1. The predicted molar refractivity (Wildman–Crippen MR) is 125 cm³/mol. The summed E-state index contributed by atoms with van der Waals surface area (Å²) < 4.78 is 1.43. The van der Waals surface area contributed by atoms with Crippen molar-refractivity contribution in [3.05, 3.63) is 74.3 Å². The van der Waals surface area contributed by atoms with Gasteiger partial charge in [0.05, 0.1) is 32.7 Å². The topological polar surface area (TPSA) is 149 Å². The summed E-state index contributed by atoms with van der Waals surface area (Å²) in [6.45, 7) is 1.75. The quantitative estimate of drug-likeness (QED) is 0.412. The fraction of sp³-hybridized carbons (Fsp3) is 0.0952. The van der Waals surface area contributed by atoms with Gasteiger partial charge in [-0.15, -0.1) is 0 Å². The standard InChI is InChI=1S/C21H16Cl2N8O/c1-10(27-18-12(9-24)17(25)29-21(26)30-18)19-28-16-14(23)8-7-13(22)15(16)20(32)31(19)11-5-3-2-4-6-11/h2-8,10H,1H3,(H5,25,26,27,29,30)/t10-/m0/s1. The summed E-state index contributed by atoms with van der Waals surface area (Å²) in [4.78, 5) is 26.1. The average Bonchev–Trinajstić information content (AvgIpc) is 2.76. The second-order valence-corrected chi connectivity index (χ2v) is 7.68. The molecule has 4 aromatic rings. The Morgan fingerprint density at radius 3 is 2.44 bits per heavy atom. The van der Waals surface area contributed by atoms with Crippen LogP contribution in [0, 0.1) is 11.3 Å². The third-order valence-corrected chi connectivity index (χ3v) is 5.39. The number of hydrogen-bond acceptors (Lipinski definition) is 8. The van der Waals surface area contributed by atoms with Gasteiger partial charge in [0, 0.05) is 0 Å². The number of nitrogens with zero attached hydrogens (tertiary/aromatic N) is 5. The van der Waals surface area contributed by atoms with E-state index in [1.165, 1.54) is 4.57 Å². The molecular formula is C21H16Cl2N8O. The van der Waals surface area contributed by atoms with Gasteiger partial charge >= 0.3 is 0 Å². The molecule has 11 heteroatoms. The number of halogens is 2. The third-order valence-electron chi connectivity index (χ3n) is 4.77. The van der Waals surface area contributed by atoms with Crippen molar-refractivity contribution in [2.24, 2.45) is 0 Å². The lowest BCUT2D eigenvalue weighted by Crippen LogP contribution is -2.28. The lowest BCUT2D eigenvalue weighted by atomic mass is 10.2. The Labute approximate surface area is 192 Å². The number of rotatable bonds is 4. The second kappa shape index (κ2) is 8.34. The van der Waals surface area contributed by atoms with Crippen molar-refractivity contribution < 1.29 is 0 Å². The highest BCUT2D eigenvalue weighted by molar-refractivity contribution is 6.39. The number of anilines is 3. The van der Waals surface area contributed by atoms with Crippen LogP contribution in [-0.4, -0.2) is 19.5 Å². The second-order valence-electron chi connectivity index (χ2n) is 6.87. The van der Waals surface area contributed by atoms with Gasteiger partial charge in [0.15, 0.2) is 5.82 Å². The van der Waals surface area contributed by atoms with Crippen LogP contribution in [0.15, 0.2) is 47.3 Å². The Balaban J connectivity index is 1.97. The third kappa shape index (κ3) is 3.66. The molecule has 160 valence electrons. The molecular weight excluding hydrogens is 451 g/mol. The molecule has 0 fully saturated rings. The first kappa shape index (κ1) is 21.4. The normalized spacial score (nSPS) is 11.8. The Kier molecular flexibility index (Phi) is 5.57. The number of nitriles is 1. The van der Waals surface area contributed by atoms with E-state index in [1.807, 2.05) is 12.1 Å². The van der Waals surface area contributed by atoms with Crippen LogP contribution < -0.4 is 22.3 Å². The van der Waals surface area contributed by atoms with Crippen molar-refractivity contribution in [1.82, 2.24) is 19.5 Å². The average molecular weight is 467 g/mol. The van der Waals surface area contributed by atoms with Crippen LogP contribution in [0.3, 0.4) is 0 Å². The van der Waals surface area contributed by atoms with Crippen molar-refractivity contribution in [3.8, 4) is 11.8 Å². The minimum Gasteiger partial charge on any atom is -0.382 e. The lowest BCUT2D eigenvalue weighted by molar-refractivity contribution is 0.731. The zero-order valence-corrected chi connectivity index (χ0v) is 18.2. The fourth-order valence-corrected chi connectivity index (χ4v) is 3.76. The van der Waals surface area contributed by atoms with Gasteiger partial charge in [-0.1, -0.05) is 41.4 Å². The summed E-state index contributed by atoms with van der Waals surface area (Å²) >= 11 is 12.7. The number of hydrogen-bond donors (Lipinski definition) is 3. The van der Waals surface area contributed by atoms with E-state index in [2.05, 4.69) is 20.3 Å². The molecule has 5 N–H and O–H groups in total. The summed E-state index contributed by atoms with van der Waals surface area (Å²) in [5.41, 5.74) is 12.0. The molecule has 0 saturated heterocycles. The van der Waals surface area contributed by atoms with Crippen molar-refractivity contribution in [1.29, 1.82) is 5.26 Å². The molecule has 1 atom stereocenters. The monoisotopic (exact) mass is 466 g/mol. The minimum atomic E-state index is -0.622. The molecule has 2 heterocycles. The number of fused-ring (bicyclic) bond motifs is 1. The van der Waals surface area contributed by atoms with E-state index in [4.69, 9.17) is 34.7 Å². The van der Waals surface area contributed by atoms with Crippen LogP contribution in [0.1, 0.15) is 24.4 Å². The SMILES string of the molecule is C[C@H](Nc1nc(N)nc(N)c1C#N)c1nc2c(Cl)ccc(Cl)c2c(=O)n1-c1ccccc1. The van der Waals surface area contributed by atoms with Gasteiger partial charge in [-0.2, -0.15) is 15.2 Å². The summed E-state index contributed by atoms with van der Waals surface area (Å²) in [6, 6.07) is 13.4. The van der Waals surface area contributed by atoms with Crippen molar-refractivity contribution in [2.75, 3.05) is 16.8 Å². The smallest absolute Gasteiger partial charge is 0.267 e. The summed E-state index contributed by atoms with van der Waals surface area (Å²) in [5, 5.41) is 13.2. The van der Waals surface area contributed by atoms with E-state index in [0.717, 1.165) is 0 Å². The molecule has 9 nitrogen and oxygen atoms in total. The number of nitrogens with two attached hydrogens (primary N) is 2. The van der Waals surface area contributed by atoms with Crippen LogP contribution >= 0.6 is 23.2 Å². The first-order valence-electron chi connectivity index (χ1n) is 9.37. The maximum absolute atomic E-state index is 13.5. The van der Waals surface area contributed by atoms with Crippen LogP contribution in [0.4, 0.5) is 17.6 Å². The van der Waals surface area contributed by atoms with Crippen LogP contribution in [0.2, 0.25) is 10.0 Å². The van der Waals surface area contributed by atoms with Gasteiger partial charge in [0.1, 0.15) is 23.3 Å². The van der Waals surface area contributed by atoms with Gasteiger partial charge in [-0.25, -0.2) is 4.98 Å². The van der Waals surface area contributed by atoms with E-state index in [9.17, 15) is 10.1 Å². The van der Waals surface area contributed by atoms with Crippen molar-refractivity contribution >= 4 is 51.7 Å². The summed E-state index contributed by atoms with van der Waals surface area (Å²) in [6.07, 6.45) is 0. The van der Waals surface area contributed by atoms with E-state index in [-0.39, 0.29) is 49.7 Å². The number of benzene rings is 2. The molecule has 0 aliphatic heterocycles. The predicted octanol–water partition coefficient (Wildman–Crippen LogP) is 3.69. The zero-order chi connectivity index (χ0) is 23.0. The van der Waals surface area contributed by atoms with Crippen LogP contribution in [0.5, 0.6) is 0 Å². The fourth-order valence-electron chi connectivity index (χ4n) is 3.33. The van der Waals surface area contributed by atoms with Crippen LogP contribution in [0.25, 0.3) is 16.6 Å². The molecule has 0 bridgehead atoms. The first-order valence-corrected chi connectivity index (χ1v) is 10.1. The minimum absolute atomic E-state index is 0.0292. The lowest BCUT2D eigenvalue weighted by Gasteiger charge is -2.21. The highest BCUT2D eigenvalue weighted by atomic mass is 35.5. The van der Waals surface area contributed by atoms with E-state index in [1.54, 1.807) is 43.3 Å². The van der Waals surface area contributed by atoms with Crippen LogP contribution in [-0.2, 0) is 0 Å². The molecule has 0 aliphatic rings. The molecule has 0 aliphatic carbocycles. The Hall–Kier alpha value is -3.87. The summed E-state index contributed by atoms with van der Waals surface area (Å²) in [7, 11) is 0. The maximum atomic E-state index is 13.5. The largest absolute Gasteiger partial charge is 0.382 e. The van der Waals surface area contributed by atoms with Gasteiger partial charge in [-0.05, 0) is 31.2 Å². The number of nitrogens with one attached hydrogen (secondary N) is 1. The van der Waals surface area contributed by atoms with E-state index >= 15 is 0 Å². The molecule has 0 amide bonds. The highest BCUT2D eigenvalue weighted by Crippen LogP contribution is 2.29. The molecule has 0 spiro atoms. The molecule has 0 radical (unpaired) electrons. The van der Waals surface area contributed by atoms with Gasteiger partial charge in [-0.3, -0.25) is 9.36 Å². The Morgan fingerprint density at radius 2 is 1.75 bits per heavy atom. The van der Waals surface area contributed by atoms with Crippen molar-refractivity contribution in [3.63, 3.8) is 0 Å². The Bertz CT molecular complexity index is 1450. The molecule has 0 saturated carbocycles. The zero-order valence-electron chi connectivity index (χ0n) is 16.7. The number of nitrogen functional groups attached to an aromatic ring is 2. The number of aromatic nitrogens is 4. The van der Waals surface area contributed by atoms with Gasteiger partial charge in [0.25, 0.3) is 5.56 Å². The van der Waals surface area contributed by atoms with Crippen molar-refractivity contribution in [2.45, 2.75) is 13.0 Å². The Morgan fingerprint density at radius 1 is 1.06 bits per heavy atom. The van der Waals surface area contributed by atoms with Gasteiger partial charge < -0.3 is 16.8 Å². The highest BCUT2D eigenvalue weighted by Gasteiger charge is 2.22. The maximum Gasteiger partial charge on any atom is 0.267 e. The molecule has 2 aromatic heterocycles. The van der Waals surface area contributed by atoms with E-state index < -0.39 is 6.04 Å². The van der Waals surface area contributed by atoms with Gasteiger partial charge in [0.2, 0.25) is 5.95 Å². The van der Waals surface area contributed by atoms with E-state index in [0.29, 0.717) is 11.5 Å². The molecule has 2 aromatic carbocycles. The molecule has 32 heavy (non-hydrogen) atoms. The first-order chi connectivity index (χ1) is 15.3.